The molecule has 0 aromatic heterocycles. The van der Waals surface area contributed by atoms with Crippen molar-refractivity contribution in [2.24, 2.45) is 17.8 Å². The Balaban J connectivity index is 1.57. The molecular formula is C17H24N2O5. The van der Waals surface area contributed by atoms with Crippen molar-refractivity contribution in [2.45, 2.75) is 19.3 Å². The van der Waals surface area contributed by atoms with Crippen LogP contribution in [0.1, 0.15) is 19.3 Å². The number of morpholine rings is 1. The molecule has 1 aliphatic carbocycles. The number of ether oxygens (including phenoxy) is 2. The molecule has 2 fully saturated rings. The van der Waals surface area contributed by atoms with Crippen LogP contribution < -0.4 is 5.32 Å². The third kappa shape index (κ3) is 3.95. The SMILES string of the molecule is O=C1C[C@H](COC(=O)[C@H]2CC=CC[C@H]2C(=O)N2CCOCC2)CN1. The molecule has 0 spiro atoms. The van der Waals surface area contributed by atoms with E-state index in [4.69, 9.17) is 9.47 Å². The number of carbonyl (C=O) groups is 3. The van der Waals surface area contributed by atoms with Gasteiger partial charge in [-0.15, -0.1) is 0 Å². The fourth-order valence-corrected chi connectivity index (χ4v) is 3.46. The fourth-order valence-electron chi connectivity index (χ4n) is 3.46. The van der Waals surface area contributed by atoms with Crippen LogP contribution in [0.5, 0.6) is 0 Å². The lowest BCUT2D eigenvalue weighted by Crippen LogP contribution is -2.47. The lowest BCUT2D eigenvalue weighted by molar-refractivity contribution is -0.157. The number of amides is 2. The van der Waals surface area contributed by atoms with Crippen LogP contribution in [0, 0.1) is 17.8 Å². The Morgan fingerprint density at radius 1 is 1.21 bits per heavy atom. The second kappa shape index (κ2) is 7.79. The van der Waals surface area contributed by atoms with E-state index in [0.29, 0.717) is 52.1 Å². The lowest BCUT2D eigenvalue weighted by atomic mass is 9.82. The van der Waals surface area contributed by atoms with Crippen molar-refractivity contribution in [1.82, 2.24) is 10.2 Å². The van der Waals surface area contributed by atoms with Crippen molar-refractivity contribution in [2.75, 3.05) is 39.5 Å². The molecule has 132 valence electrons. The zero-order valence-electron chi connectivity index (χ0n) is 13.7. The summed E-state index contributed by atoms with van der Waals surface area (Å²) in [6.45, 7) is 3.04. The van der Waals surface area contributed by atoms with Gasteiger partial charge in [-0.1, -0.05) is 12.2 Å². The molecule has 0 aromatic carbocycles. The molecule has 24 heavy (non-hydrogen) atoms. The van der Waals surface area contributed by atoms with Crippen molar-refractivity contribution in [3.63, 3.8) is 0 Å². The number of hydrogen-bond donors (Lipinski definition) is 1. The van der Waals surface area contributed by atoms with E-state index in [1.165, 1.54) is 0 Å². The van der Waals surface area contributed by atoms with Crippen LogP contribution in [-0.2, 0) is 23.9 Å². The first kappa shape index (κ1) is 17.0. The second-order valence-electron chi connectivity index (χ2n) is 6.60. The Hall–Kier alpha value is -1.89. The molecule has 3 aliphatic rings. The van der Waals surface area contributed by atoms with Crippen LogP contribution in [0.15, 0.2) is 12.2 Å². The molecule has 3 rings (SSSR count). The number of rotatable bonds is 4. The number of esters is 1. The van der Waals surface area contributed by atoms with E-state index in [0.717, 1.165) is 0 Å². The predicted octanol–water partition coefficient (Wildman–Crippen LogP) is 0.107. The van der Waals surface area contributed by atoms with E-state index >= 15 is 0 Å². The third-order valence-corrected chi connectivity index (χ3v) is 4.90. The summed E-state index contributed by atoms with van der Waals surface area (Å²) >= 11 is 0. The number of carbonyl (C=O) groups excluding carboxylic acids is 3. The standard InChI is InChI=1S/C17H24N2O5/c20-15-9-12(10-18-15)11-24-17(22)14-4-2-1-3-13(14)16(21)19-5-7-23-8-6-19/h1-2,12-14H,3-11H2,(H,18,20)/t12-,13+,14-/m0/s1. The Morgan fingerprint density at radius 3 is 2.58 bits per heavy atom. The molecular weight excluding hydrogens is 312 g/mol. The molecule has 0 radical (unpaired) electrons. The zero-order valence-corrected chi connectivity index (χ0v) is 13.7. The number of allylic oxidation sites excluding steroid dienone is 2. The molecule has 2 heterocycles. The van der Waals surface area contributed by atoms with E-state index < -0.39 is 5.92 Å². The third-order valence-electron chi connectivity index (χ3n) is 4.90. The van der Waals surface area contributed by atoms with Gasteiger partial charge in [-0.05, 0) is 12.8 Å². The largest absolute Gasteiger partial charge is 0.465 e. The number of nitrogens with zero attached hydrogens (tertiary/aromatic N) is 1. The van der Waals surface area contributed by atoms with Crippen LogP contribution in [-0.4, -0.2) is 62.1 Å². The van der Waals surface area contributed by atoms with Crippen molar-refractivity contribution < 1.29 is 23.9 Å². The maximum atomic E-state index is 12.7. The molecule has 7 heteroatoms. The Morgan fingerprint density at radius 2 is 1.92 bits per heavy atom. The normalized spacial score (nSPS) is 30.1. The minimum atomic E-state index is -0.435. The minimum absolute atomic E-state index is 0.00276. The zero-order chi connectivity index (χ0) is 16.9. The average molecular weight is 336 g/mol. The highest BCUT2D eigenvalue weighted by Gasteiger charge is 2.38. The highest BCUT2D eigenvalue weighted by Crippen LogP contribution is 2.29. The minimum Gasteiger partial charge on any atom is -0.465 e. The molecule has 0 bridgehead atoms. The summed E-state index contributed by atoms with van der Waals surface area (Å²) in [5.74, 6) is -1.07. The smallest absolute Gasteiger partial charge is 0.310 e. The molecule has 0 unspecified atom stereocenters. The first-order valence-electron chi connectivity index (χ1n) is 8.60. The monoisotopic (exact) mass is 336 g/mol. The molecule has 2 saturated heterocycles. The second-order valence-corrected chi connectivity index (χ2v) is 6.60. The first-order valence-corrected chi connectivity index (χ1v) is 8.60. The van der Waals surface area contributed by atoms with Crippen molar-refractivity contribution in [3.8, 4) is 0 Å². The summed E-state index contributed by atoms with van der Waals surface area (Å²) in [7, 11) is 0. The molecule has 2 aliphatic heterocycles. The molecule has 0 saturated carbocycles. The molecule has 1 N–H and O–H groups in total. The Kier molecular flexibility index (Phi) is 5.50. The highest BCUT2D eigenvalue weighted by atomic mass is 16.5. The van der Waals surface area contributed by atoms with Crippen LogP contribution >= 0.6 is 0 Å². The van der Waals surface area contributed by atoms with Gasteiger partial charge in [0.2, 0.25) is 11.8 Å². The van der Waals surface area contributed by atoms with E-state index in [2.05, 4.69) is 5.32 Å². The van der Waals surface area contributed by atoms with E-state index in [9.17, 15) is 14.4 Å². The first-order chi connectivity index (χ1) is 11.6. The van der Waals surface area contributed by atoms with E-state index in [1.807, 2.05) is 12.2 Å². The Bertz CT molecular complexity index is 527. The van der Waals surface area contributed by atoms with Crippen molar-refractivity contribution in [1.29, 1.82) is 0 Å². The summed E-state index contributed by atoms with van der Waals surface area (Å²) < 4.78 is 10.7. The highest BCUT2D eigenvalue weighted by molar-refractivity contribution is 5.86. The molecule has 2 amide bonds. The predicted molar refractivity (Wildman–Crippen MR) is 84.8 cm³/mol. The van der Waals surface area contributed by atoms with Crippen LogP contribution in [0.2, 0.25) is 0 Å². The summed E-state index contributed by atoms with van der Waals surface area (Å²) in [6.07, 6.45) is 5.40. The average Bonchev–Trinajstić information content (AvgIpc) is 3.05. The van der Waals surface area contributed by atoms with Crippen LogP contribution in [0.4, 0.5) is 0 Å². The van der Waals surface area contributed by atoms with Crippen LogP contribution in [0.25, 0.3) is 0 Å². The van der Waals surface area contributed by atoms with Gasteiger partial charge in [0, 0.05) is 32.0 Å². The summed E-state index contributed by atoms with van der Waals surface area (Å²) in [6, 6.07) is 0. The van der Waals surface area contributed by atoms with Gasteiger partial charge >= 0.3 is 5.97 Å². The van der Waals surface area contributed by atoms with Crippen molar-refractivity contribution in [3.05, 3.63) is 12.2 Å². The number of hydrogen-bond acceptors (Lipinski definition) is 5. The quantitative estimate of drug-likeness (QED) is 0.582. The van der Waals surface area contributed by atoms with E-state index in [1.54, 1.807) is 4.90 Å². The van der Waals surface area contributed by atoms with Gasteiger partial charge in [0.25, 0.3) is 0 Å². The summed E-state index contributed by atoms with van der Waals surface area (Å²) in [4.78, 5) is 38.2. The maximum Gasteiger partial charge on any atom is 0.310 e. The van der Waals surface area contributed by atoms with Gasteiger partial charge in [0.15, 0.2) is 0 Å². The summed E-state index contributed by atoms with van der Waals surface area (Å²) in [5.41, 5.74) is 0. The van der Waals surface area contributed by atoms with Crippen molar-refractivity contribution >= 4 is 17.8 Å². The van der Waals surface area contributed by atoms with Gasteiger partial charge in [0.05, 0.1) is 31.7 Å². The lowest BCUT2D eigenvalue weighted by Gasteiger charge is -2.33. The van der Waals surface area contributed by atoms with Gasteiger partial charge in [-0.3, -0.25) is 14.4 Å². The molecule has 3 atom stereocenters. The van der Waals surface area contributed by atoms with Crippen LogP contribution in [0.3, 0.4) is 0 Å². The summed E-state index contributed by atoms with van der Waals surface area (Å²) in [5, 5.41) is 2.73. The fraction of sp³-hybridized carbons (Fsp3) is 0.706. The van der Waals surface area contributed by atoms with Gasteiger partial charge in [-0.2, -0.15) is 0 Å². The molecule has 0 aromatic rings. The molecule has 7 nitrogen and oxygen atoms in total. The van der Waals surface area contributed by atoms with Gasteiger partial charge in [0.1, 0.15) is 0 Å². The Labute approximate surface area is 141 Å². The van der Waals surface area contributed by atoms with Gasteiger partial charge in [-0.25, -0.2) is 0 Å². The number of nitrogens with one attached hydrogen (secondary N) is 1. The van der Waals surface area contributed by atoms with Gasteiger partial charge < -0.3 is 19.7 Å². The maximum absolute atomic E-state index is 12.7. The van der Waals surface area contributed by atoms with E-state index in [-0.39, 0.29) is 36.2 Å². The topological polar surface area (TPSA) is 84.9 Å².